The third-order valence-corrected chi connectivity index (χ3v) is 5.46. The van der Waals surface area contributed by atoms with E-state index in [9.17, 15) is 9.59 Å². The number of anilines is 2. The van der Waals surface area contributed by atoms with Gasteiger partial charge < -0.3 is 24.7 Å². The van der Waals surface area contributed by atoms with Crippen LogP contribution in [0.2, 0.25) is 0 Å². The summed E-state index contributed by atoms with van der Waals surface area (Å²) in [6.07, 6.45) is 7.00. The van der Waals surface area contributed by atoms with Crippen LogP contribution in [0.15, 0.2) is 41.0 Å². The zero-order valence-electron chi connectivity index (χ0n) is 16.5. The van der Waals surface area contributed by atoms with Crippen molar-refractivity contribution < 1.29 is 18.7 Å². The van der Waals surface area contributed by atoms with Crippen molar-refractivity contribution in [1.29, 1.82) is 0 Å². The standard InChI is InChI=1S/C22H27N3O4/c26-21(23-15-17-6-4-12-28-17)18-14-16(24-22(27)20-7-5-13-29-20)8-9-19(18)25-10-2-1-3-11-25/h5,7-9,13-14,17H,1-4,6,10-12,15H2,(H,23,26)(H,24,27). The summed E-state index contributed by atoms with van der Waals surface area (Å²) in [6.45, 7) is 3.13. The average molecular weight is 397 g/mol. The van der Waals surface area contributed by atoms with E-state index in [0.717, 1.165) is 51.1 Å². The first-order valence-electron chi connectivity index (χ1n) is 10.3. The SMILES string of the molecule is O=C(Nc1ccc(N2CCCCC2)c(C(=O)NCC2CCCO2)c1)c1ccco1. The fourth-order valence-electron chi connectivity index (χ4n) is 3.91. The van der Waals surface area contributed by atoms with Gasteiger partial charge in [0.1, 0.15) is 0 Å². The molecule has 0 spiro atoms. The van der Waals surface area contributed by atoms with E-state index in [1.165, 1.54) is 12.7 Å². The van der Waals surface area contributed by atoms with Gasteiger partial charge in [0, 0.05) is 37.6 Å². The van der Waals surface area contributed by atoms with E-state index in [2.05, 4.69) is 15.5 Å². The summed E-state index contributed by atoms with van der Waals surface area (Å²) in [4.78, 5) is 27.6. The molecule has 7 nitrogen and oxygen atoms in total. The number of nitrogens with zero attached hydrogens (tertiary/aromatic N) is 1. The van der Waals surface area contributed by atoms with Gasteiger partial charge in [0.2, 0.25) is 0 Å². The molecule has 1 aromatic heterocycles. The Morgan fingerprint density at radius 3 is 2.66 bits per heavy atom. The zero-order chi connectivity index (χ0) is 20.1. The van der Waals surface area contributed by atoms with Crippen molar-refractivity contribution in [3.63, 3.8) is 0 Å². The summed E-state index contributed by atoms with van der Waals surface area (Å²) < 4.78 is 10.8. The summed E-state index contributed by atoms with van der Waals surface area (Å²) in [7, 11) is 0. The maximum absolute atomic E-state index is 13.0. The predicted molar refractivity (Wildman–Crippen MR) is 110 cm³/mol. The van der Waals surface area contributed by atoms with Crippen molar-refractivity contribution in [1.82, 2.24) is 5.32 Å². The lowest BCUT2D eigenvalue weighted by molar-refractivity contribution is 0.0858. The second-order valence-corrected chi connectivity index (χ2v) is 7.56. The average Bonchev–Trinajstić information content (AvgIpc) is 3.47. The molecule has 3 heterocycles. The Hall–Kier alpha value is -2.80. The van der Waals surface area contributed by atoms with Gasteiger partial charge in [0.15, 0.2) is 5.76 Å². The maximum Gasteiger partial charge on any atom is 0.291 e. The maximum atomic E-state index is 13.0. The van der Waals surface area contributed by atoms with Crippen molar-refractivity contribution in [2.45, 2.75) is 38.2 Å². The first kappa shape index (κ1) is 19.5. The highest BCUT2D eigenvalue weighted by Gasteiger charge is 2.22. The lowest BCUT2D eigenvalue weighted by Gasteiger charge is -2.30. The van der Waals surface area contributed by atoms with Crippen LogP contribution in [0.3, 0.4) is 0 Å². The minimum atomic E-state index is -0.341. The van der Waals surface area contributed by atoms with Gasteiger partial charge in [-0.05, 0) is 62.4 Å². The van der Waals surface area contributed by atoms with E-state index in [-0.39, 0.29) is 23.7 Å². The molecule has 0 saturated carbocycles. The second-order valence-electron chi connectivity index (χ2n) is 7.56. The number of carbonyl (C=O) groups is 2. The van der Waals surface area contributed by atoms with E-state index in [4.69, 9.17) is 9.15 Å². The van der Waals surface area contributed by atoms with Crippen LogP contribution in [0.5, 0.6) is 0 Å². The summed E-state index contributed by atoms with van der Waals surface area (Å²) in [5.41, 5.74) is 2.04. The number of piperidine rings is 1. The van der Waals surface area contributed by atoms with Crippen molar-refractivity contribution >= 4 is 23.2 Å². The number of ether oxygens (including phenoxy) is 1. The van der Waals surface area contributed by atoms with Crippen molar-refractivity contribution in [2.24, 2.45) is 0 Å². The lowest BCUT2D eigenvalue weighted by atomic mass is 10.1. The highest BCUT2D eigenvalue weighted by Crippen LogP contribution is 2.27. The van der Waals surface area contributed by atoms with E-state index >= 15 is 0 Å². The number of hydrogen-bond acceptors (Lipinski definition) is 5. The molecule has 4 rings (SSSR count). The first-order chi connectivity index (χ1) is 14.2. The van der Waals surface area contributed by atoms with Gasteiger partial charge in [-0.25, -0.2) is 0 Å². The van der Waals surface area contributed by atoms with Crippen molar-refractivity contribution in [2.75, 3.05) is 36.5 Å². The smallest absolute Gasteiger partial charge is 0.291 e. The Kier molecular flexibility index (Phi) is 6.14. The van der Waals surface area contributed by atoms with Crippen LogP contribution in [-0.4, -0.2) is 44.2 Å². The number of carbonyl (C=O) groups excluding carboxylic acids is 2. The Morgan fingerprint density at radius 1 is 1.07 bits per heavy atom. The van der Waals surface area contributed by atoms with Gasteiger partial charge in [-0.2, -0.15) is 0 Å². The summed E-state index contributed by atoms with van der Waals surface area (Å²) in [5, 5.41) is 5.82. The van der Waals surface area contributed by atoms with Gasteiger partial charge in [-0.15, -0.1) is 0 Å². The number of benzene rings is 1. The Bertz CT molecular complexity index is 838. The number of amides is 2. The van der Waals surface area contributed by atoms with Crippen LogP contribution >= 0.6 is 0 Å². The Balaban J connectivity index is 1.53. The molecule has 0 bridgehead atoms. The molecule has 1 aromatic carbocycles. The van der Waals surface area contributed by atoms with Crippen LogP contribution in [0.1, 0.15) is 53.0 Å². The molecule has 2 fully saturated rings. The second kappa shape index (κ2) is 9.13. The molecule has 2 aliphatic rings. The van der Waals surface area contributed by atoms with E-state index in [1.54, 1.807) is 18.2 Å². The molecular formula is C22H27N3O4. The third kappa shape index (κ3) is 4.79. The largest absolute Gasteiger partial charge is 0.459 e. The molecule has 2 aromatic rings. The van der Waals surface area contributed by atoms with Gasteiger partial charge in [-0.3, -0.25) is 9.59 Å². The molecule has 2 amide bonds. The number of nitrogens with one attached hydrogen (secondary N) is 2. The minimum Gasteiger partial charge on any atom is -0.459 e. The molecule has 1 atom stereocenters. The van der Waals surface area contributed by atoms with Gasteiger partial charge in [-0.1, -0.05) is 0 Å². The normalized spacial score (nSPS) is 19.2. The zero-order valence-corrected chi connectivity index (χ0v) is 16.5. The first-order valence-corrected chi connectivity index (χ1v) is 10.3. The fraction of sp³-hybridized carbons (Fsp3) is 0.455. The lowest BCUT2D eigenvalue weighted by Crippen LogP contribution is -2.35. The van der Waals surface area contributed by atoms with E-state index in [0.29, 0.717) is 17.8 Å². The third-order valence-electron chi connectivity index (χ3n) is 5.46. The molecule has 2 aliphatic heterocycles. The molecule has 7 heteroatoms. The fourth-order valence-corrected chi connectivity index (χ4v) is 3.91. The predicted octanol–water partition coefficient (Wildman–Crippen LogP) is 3.43. The summed E-state index contributed by atoms with van der Waals surface area (Å²) >= 11 is 0. The highest BCUT2D eigenvalue weighted by atomic mass is 16.5. The Morgan fingerprint density at radius 2 is 1.93 bits per heavy atom. The van der Waals surface area contributed by atoms with E-state index in [1.807, 2.05) is 12.1 Å². The van der Waals surface area contributed by atoms with Gasteiger partial charge in [0.25, 0.3) is 11.8 Å². The molecule has 29 heavy (non-hydrogen) atoms. The number of hydrogen-bond donors (Lipinski definition) is 2. The molecule has 0 aliphatic carbocycles. The molecule has 0 radical (unpaired) electrons. The molecule has 2 saturated heterocycles. The van der Waals surface area contributed by atoms with Crippen LogP contribution in [0.25, 0.3) is 0 Å². The molecular weight excluding hydrogens is 370 g/mol. The van der Waals surface area contributed by atoms with Crippen LogP contribution in [-0.2, 0) is 4.74 Å². The van der Waals surface area contributed by atoms with Crippen LogP contribution < -0.4 is 15.5 Å². The van der Waals surface area contributed by atoms with Gasteiger partial charge >= 0.3 is 0 Å². The van der Waals surface area contributed by atoms with Crippen LogP contribution in [0, 0.1) is 0 Å². The van der Waals surface area contributed by atoms with Gasteiger partial charge in [0.05, 0.1) is 17.9 Å². The van der Waals surface area contributed by atoms with Crippen molar-refractivity contribution in [3.8, 4) is 0 Å². The number of furan rings is 1. The highest BCUT2D eigenvalue weighted by molar-refractivity contribution is 6.05. The van der Waals surface area contributed by atoms with Crippen molar-refractivity contribution in [3.05, 3.63) is 47.9 Å². The topological polar surface area (TPSA) is 83.8 Å². The monoisotopic (exact) mass is 397 g/mol. The molecule has 154 valence electrons. The van der Waals surface area contributed by atoms with Crippen LogP contribution in [0.4, 0.5) is 11.4 Å². The summed E-state index contributed by atoms with van der Waals surface area (Å²) in [6, 6.07) is 8.77. The van der Waals surface area contributed by atoms with E-state index < -0.39 is 0 Å². The Labute approximate surface area is 170 Å². The summed E-state index contributed by atoms with van der Waals surface area (Å²) in [5.74, 6) is -0.254. The molecule has 1 unspecified atom stereocenters. The quantitative estimate of drug-likeness (QED) is 0.780. The molecule has 2 N–H and O–H groups in total. The minimum absolute atomic E-state index is 0.0826. The number of rotatable bonds is 6.